The molecule has 0 aliphatic rings. The van der Waals surface area contributed by atoms with E-state index in [1.54, 1.807) is 0 Å². The van der Waals surface area contributed by atoms with E-state index in [2.05, 4.69) is 4.98 Å². The van der Waals surface area contributed by atoms with Gasteiger partial charge in [0.1, 0.15) is 12.2 Å². The van der Waals surface area contributed by atoms with Gasteiger partial charge in [0.25, 0.3) is 0 Å². The molecule has 0 aliphatic heterocycles. The predicted octanol–water partition coefficient (Wildman–Crippen LogP) is 2.69. The molecule has 8 heteroatoms. The van der Waals surface area contributed by atoms with Crippen molar-refractivity contribution in [2.45, 2.75) is 13.2 Å². The Morgan fingerprint density at radius 3 is 2.85 bits per heavy atom. The molecule has 5 nitrogen and oxygen atoms in total. The predicted molar refractivity (Wildman–Crippen MR) is 61.2 cm³/mol. The summed E-state index contributed by atoms with van der Waals surface area (Å²) in [4.78, 5) is 14.6. The van der Waals surface area contributed by atoms with Crippen LogP contribution in [0, 0.1) is 5.82 Å². The molecule has 0 bridgehead atoms. The second kappa shape index (κ2) is 5.64. The van der Waals surface area contributed by atoms with Gasteiger partial charge in [-0.05, 0) is 12.1 Å². The molecule has 2 aromatic rings. The molecule has 0 spiro atoms. The summed E-state index contributed by atoms with van der Waals surface area (Å²) in [7, 11) is 0. The Kier molecular flexibility index (Phi) is 3.92. The molecule has 1 aromatic carbocycles. The fourth-order valence-electron chi connectivity index (χ4n) is 1.59. The number of carbonyl (C=O) groups is 1. The summed E-state index contributed by atoms with van der Waals surface area (Å²) in [6, 6.07) is 3.38. The van der Waals surface area contributed by atoms with Crippen molar-refractivity contribution in [1.82, 2.24) is 9.55 Å². The van der Waals surface area contributed by atoms with E-state index in [0.29, 0.717) is 4.57 Å². The zero-order valence-corrected chi connectivity index (χ0v) is 9.96. The van der Waals surface area contributed by atoms with Crippen LogP contribution in [-0.2, 0) is 6.61 Å². The Morgan fingerprint density at radius 1 is 1.45 bits per heavy atom. The van der Waals surface area contributed by atoms with Gasteiger partial charge in [0.05, 0.1) is 0 Å². The van der Waals surface area contributed by atoms with Crippen LogP contribution in [0.1, 0.15) is 22.7 Å². The van der Waals surface area contributed by atoms with Gasteiger partial charge in [-0.25, -0.2) is 14.2 Å². The van der Waals surface area contributed by atoms with Gasteiger partial charge in [-0.2, -0.15) is 8.78 Å². The average molecular weight is 286 g/mol. The lowest BCUT2D eigenvalue weighted by atomic mass is 10.2. The van der Waals surface area contributed by atoms with Crippen LogP contribution in [0.5, 0.6) is 5.75 Å². The number of para-hydroxylation sites is 1. The van der Waals surface area contributed by atoms with E-state index in [1.807, 2.05) is 0 Å². The van der Waals surface area contributed by atoms with Crippen molar-refractivity contribution in [3.63, 3.8) is 0 Å². The van der Waals surface area contributed by atoms with Crippen molar-refractivity contribution in [2.24, 2.45) is 0 Å². The molecule has 1 heterocycles. The largest absolute Gasteiger partial charge is 0.482 e. The number of alkyl halides is 2. The lowest BCUT2D eigenvalue weighted by Gasteiger charge is -2.11. The molecule has 1 aromatic heterocycles. The third-order valence-corrected chi connectivity index (χ3v) is 2.50. The zero-order valence-electron chi connectivity index (χ0n) is 9.96. The highest BCUT2D eigenvalue weighted by atomic mass is 19.3. The Balaban J connectivity index is 2.23. The Bertz CT molecular complexity index is 628. The van der Waals surface area contributed by atoms with Crippen molar-refractivity contribution in [2.75, 3.05) is 0 Å². The summed E-state index contributed by atoms with van der Waals surface area (Å²) >= 11 is 0. The molecule has 0 atom stereocenters. The highest BCUT2D eigenvalue weighted by molar-refractivity contribution is 5.90. The Labute approximate surface area is 111 Å². The van der Waals surface area contributed by atoms with Crippen LogP contribution in [0.4, 0.5) is 13.2 Å². The first-order valence-electron chi connectivity index (χ1n) is 5.45. The van der Waals surface area contributed by atoms with E-state index in [4.69, 9.17) is 9.84 Å². The van der Waals surface area contributed by atoms with Crippen LogP contribution in [0.2, 0.25) is 0 Å². The molecule has 0 fully saturated rings. The Morgan fingerprint density at radius 2 is 2.20 bits per heavy atom. The number of carboxylic acid groups (broad SMARTS) is 1. The molecule has 0 saturated heterocycles. The monoisotopic (exact) mass is 286 g/mol. The van der Waals surface area contributed by atoms with Crippen molar-refractivity contribution in [3.8, 4) is 5.75 Å². The smallest absolute Gasteiger partial charge is 0.339 e. The first-order chi connectivity index (χ1) is 9.50. The first kappa shape index (κ1) is 13.9. The van der Waals surface area contributed by atoms with Crippen molar-refractivity contribution < 1.29 is 27.8 Å². The van der Waals surface area contributed by atoms with Crippen LogP contribution in [0.3, 0.4) is 0 Å². The fraction of sp³-hybridized carbons (Fsp3) is 0.167. The van der Waals surface area contributed by atoms with E-state index in [-0.39, 0.29) is 11.4 Å². The SMILES string of the molecule is O=C(O)c1cccc(F)c1OCc1nccn1C(F)F. The third-order valence-electron chi connectivity index (χ3n) is 2.50. The molecular formula is C12H9F3N2O3. The minimum atomic E-state index is -2.81. The second-order valence-corrected chi connectivity index (χ2v) is 3.74. The standard InChI is InChI=1S/C12H9F3N2O3/c13-8-3-1-2-7(11(18)19)10(8)20-6-9-16-4-5-17(9)12(14)15/h1-5,12H,6H2,(H,18,19). The van der Waals surface area contributed by atoms with Gasteiger partial charge in [-0.15, -0.1) is 0 Å². The zero-order chi connectivity index (χ0) is 14.7. The molecular weight excluding hydrogens is 277 g/mol. The molecule has 0 saturated carbocycles. The normalized spacial score (nSPS) is 10.8. The van der Waals surface area contributed by atoms with Crippen LogP contribution in [-0.4, -0.2) is 20.6 Å². The summed E-state index contributed by atoms with van der Waals surface area (Å²) in [6.07, 6.45) is 2.19. The lowest BCUT2D eigenvalue weighted by Crippen LogP contribution is -2.10. The van der Waals surface area contributed by atoms with Crippen molar-refractivity contribution >= 4 is 5.97 Å². The summed E-state index contributed by atoms with van der Waals surface area (Å²) < 4.78 is 44.2. The van der Waals surface area contributed by atoms with Crippen LogP contribution >= 0.6 is 0 Å². The molecule has 106 valence electrons. The van der Waals surface area contributed by atoms with Gasteiger partial charge >= 0.3 is 12.5 Å². The molecule has 20 heavy (non-hydrogen) atoms. The highest BCUT2D eigenvalue weighted by Crippen LogP contribution is 2.24. The number of aromatic nitrogens is 2. The molecule has 0 aliphatic carbocycles. The van der Waals surface area contributed by atoms with Gasteiger partial charge in [0, 0.05) is 12.4 Å². The third kappa shape index (κ3) is 2.73. The minimum Gasteiger partial charge on any atom is -0.482 e. The van der Waals surface area contributed by atoms with E-state index in [0.717, 1.165) is 24.5 Å². The maximum atomic E-state index is 13.5. The number of nitrogens with zero attached hydrogens (tertiary/aromatic N) is 2. The molecule has 0 unspecified atom stereocenters. The quantitative estimate of drug-likeness (QED) is 0.917. The van der Waals surface area contributed by atoms with Gasteiger partial charge in [-0.1, -0.05) is 6.07 Å². The van der Waals surface area contributed by atoms with Gasteiger partial charge in [0.2, 0.25) is 0 Å². The number of rotatable bonds is 5. The molecule has 0 amide bonds. The van der Waals surface area contributed by atoms with E-state index < -0.39 is 30.7 Å². The van der Waals surface area contributed by atoms with E-state index >= 15 is 0 Å². The minimum absolute atomic E-state index is 0.139. The van der Waals surface area contributed by atoms with E-state index in [9.17, 15) is 18.0 Å². The molecule has 2 rings (SSSR count). The topological polar surface area (TPSA) is 64.3 Å². The lowest BCUT2D eigenvalue weighted by molar-refractivity contribution is 0.0621. The number of benzene rings is 1. The van der Waals surface area contributed by atoms with E-state index in [1.165, 1.54) is 6.07 Å². The van der Waals surface area contributed by atoms with Crippen LogP contribution in [0.15, 0.2) is 30.6 Å². The van der Waals surface area contributed by atoms with Crippen molar-refractivity contribution in [3.05, 3.63) is 47.8 Å². The van der Waals surface area contributed by atoms with Gasteiger partial charge in [0.15, 0.2) is 17.4 Å². The van der Waals surface area contributed by atoms with Crippen molar-refractivity contribution in [1.29, 1.82) is 0 Å². The van der Waals surface area contributed by atoms with Gasteiger partial charge < -0.3 is 9.84 Å². The van der Waals surface area contributed by atoms with Gasteiger partial charge in [-0.3, -0.25) is 4.57 Å². The summed E-state index contributed by atoms with van der Waals surface area (Å²) in [5.41, 5.74) is -0.389. The highest BCUT2D eigenvalue weighted by Gasteiger charge is 2.18. The molecule has 0 radical (unpaired) electrons. The number of hydrogen-bond donors (Lipinski definition) is 1. The van der Waals surface area contributed by atoms with Crippen LogP contribution < -0.4 is 4.74 Å². The second-order valence-electron chi connectivity index (χ2n) is 3.74. The number of carboxylic acids is 1. The fourth-order valence-corrected chi connectivity index (χ4v) is 1.59. The number of ether oxygens (including phenoxy) is 1. The summed E-state index contributed by atoms with van der Waals surface area (Å²) in [5.74, 6) is -2.92. The maximum Gasteiger partial charge on any atom is 0.339 e. The Hall–Kier alpha value is -2.51. The average Bonchev–Trinajstić information content (AvgIpc) is 2.85. The maximum absolute atomic E-state index is 13.5. The van der Waals surface area contributed by atoms with Crippen LogP contribution in [0.25, 0.3) is 0 Å². The number of hydrogen-bond acceptors (Lipinski definition) is 3. The number of imidazole rings is 1. The summed E-state index contributed by atoms with van der Waals surface area (Å²) in [6.45, 7) is -3.28. The first-order valence-corrected chi connectivity index (χ1v) is 5.45. The molecule has 1 N–H and O–H groups in total. The summed E-state index contributed by atoms with van der Waals surface area (Å²) in [5, 5.41) is 8.90. The number of aromatic carboxylic acids is 1. The number of halogens is 3.